The van der Waals surface area contributed by atoms with Crippen LogP contribution in [-0.2, 0) is 16.6 Å². The number of halogens is 3. The van der Waals surface area contributed by atoms with E-state index < -0.39 is 23.2 Å². The lowest BCUT2D eigenvalue weighted by Gasteiger charge is -2.47. The average molecular weight is 613 g/mol. The Hall–Kier alpha value is -3.90. The predicted octanol–water partition coefficient (Wildman–Crippen LogP) is 4.67. The summed E-state index contributed by atoms with van der Waals surface area (Å²) < 4.78 is 39.1. The molecule has 3 fully saturated rings. The minimum absolute atomic E-state index is 0. The maximum Gasteiger partial charge on any atom is 0.416 e. The zero-order valence-electron chi connectivity index (χ0n) is 24.2. The van der Waals surface area contributed by atoms with Crippen molar-refractivity contribution in [2.45, 2.75) is 74.8 Å². The largest absolute Gasteiger partial charge is 0.416 e. The first kappa shape index (κ1) is 30.1. The lowest BCUT2D eigenvalue weighted by atomic mass is 9.78. The summed E-state index contributed by atoms with van der Waals surface area (Å²) in [5.74, 6) is -0.352. The SMILES string of the molecule is O=C(NCC(=O)N1CC[C@H]2[C@H]1CCCN2C1CCC(O)(c2ccc(-c3ncccn3)cn2)CC1)c1cccc(C(F)(F)F)c1.[HH].[HH]. The number of carbonyl (C=O) groups excluding carboxylic acids is 2. The lowest BCUT2D eigenvalue weighted by molar-refractivity contribution is -0.137. The number of hydrogen-bond acceptors (Lipinski definition) is 7. The molecule has 4 heterocycles. The number of pyridine rings is 1. The van der Waals surface area contributed by atoms with Crippen molar-refractivity contribution in [3.05, 3.63) is 77.9 Å². The van der Waals surface area contributed by atoms with Crippen molar-refractivity contribution in [1.29, 1.82) is 0 Å². The van der Waals surface area contributed by atoms with Crippen molar-refractivity contribution in [1.82, 2.24) is 30.1 Å². The van der Waals surface area contributed by atoms with E-state index in [-0.39, 0.29) is 39.0 Å². The second-order valence-electron chi connectivity index (χ2n) is 11.9. The highest BCUT2D eigenvalue weighted by Crippen LogP contribution is 2.41. The van der Waals surface area contributed by atoms with Gasteiger partial charge < -0.3 is 15.3 Å². The molecule has 3 aromatic rings. The van der Waals surface area contributed by atoms with Crippen LogP contribution >= 0.6 is 0 Å². The van der Waals surface area contributed by atoms with Crippen molar-refractivity contribution in [3.8, 4) is 11.4 Å². The molecule has 9 nitrogen and oxygen atoms in total. The van der Waals surface area contributed by atoms with Crippen LogP contribution in [0.25, 0.3) is 11.4 Å². The second kappa shape index (κ2) is 12.2. The van der Waals surface area contributed by atoms with Crippen LogP contribution in [-0.4, -0.2) is 79.4 Å². The fourth-order valence-electron chi connectivity index (χ4n) is 7.10. The number of aliphatic hydroxyl groups is 1. The third-order valence-corrected chi connectivity index (χ3v) is 9.34. The van der Waals surface area contributed by atoms with E-state index in [0.717, 1.165) is 56.3 Å². The highest BCUT2D eigenvalue weighted by atomic mass is 19.4. The van der Waals surface area contributed by atoms with Crippen LogP contribution in [0.15, 0.2) is 61.1 Å². The molecule has 0 unspecified atom stereocenters. The van der Waals surface area contributed by atoms with E-state index in [2.05, 4.69) is 25.2 Å². The van der Waals surface area contributed by atoms with Crippen LogP contribution in [0, 0.1) is 0 Å². The molecule has 2 saturated heterocycles. The van der Waals surface area contributed by atoms with Gasteiger partial charge in [0.15, 0.2) is 5.82 Å². The van der Waals surface area contributed by atoms with Crippen molar-refractivity contribution in [2.75, 3.05) is 19.6 Å². The number of alkyl halides is 3. The molecular weight excluding hydrogens is 573 g/mol. The van der Waals surface area contributed by atoms with Gasteiger partial charge in [-0.05, 0) is 87.9 Å². The number of amides is 2. The highest BCUT2D eigenvalue weighted by molar-refractivity contribution is 5.96. The molecule has 0 radical (unpaired) electrons. The van der Waals surface area contributed by atoms with Crippen LogP contribution in [0.3, 0.4) is 0 Å². The van der Waals surface area contributed by atoms with E-state index in [0.29, 0.717) is 30.9 Å². The molecule has 0 bridgehead atoms. The molecule has 1 aliphatic carbocycles. The molecule has 236 valence electrons. The fraction of sp³-hybridized carbons (Fsp3) is 0.469. The minimum Gasteiger partial charge on any atom is -0.384 e. The van der Waals surface area contributed by atoms with Gasteiger partial charge >= 0.3 is 6.18 Å². The lowest BCUT2D eigenvalue weighted by Crippen LogP contribution is -2.56. The maximum atomic E-state index is 13.2. The van der Waals surface area contributed by atoms with E-state index in [1.807, 2.05) is 17.0 Å². The first-order valence-electron chi connectivity index (χ1n) is 15.1. The molecule has 6 rings (SSSR count). The van der Waals surface area contributed by atoms with E-state index in [1.54, 1.807) is 24.7 Å². The number of piperidine rings is 1. The zero-order valence-corrected chi connectivity index (χ0v) is 24.2. The Labute approximate surface area is 256 Å². The molecule has 2 N–H and O–H groups in total. The Kier molecular flexibility index (Phi) is 8.38. The van der Waals surface area contributed by atoms with Gasteiger partial charge in [-0.3, -0.25) is 19.5 Å². The fourth-order valence-corrected chi connectivity index (χ4v) is 7.10. The normalized spacial score (nSPS) is 25.8. The minimum atomic E-state index is -4.55. The second-order valence-corrected chi connectivity index (χ2v) is 11.9. The quantitative estimate of drug-likeness (QED) is 0.416. The summed E-state index contributed by atoms with van der Waals surface area (Å²) >= 11 is 0. The molecule has 2 aliphatic heterocycles. The Balaban J connectivity index is 0.00000240. The van der Waals surface area contributed by atoms with Gasteiger partial charge in [0, 0.05) is 57.2 Å². The van der Waals surface area contributed by atoms with Crippen molar-refractivity contribution in [2.24, 2.45) is 0 Å². The van der Waals surface area contributed by atoms with Crippen LogP contribution in [0.2, 0.25) is 0 Å². The average Bonchev–Trinajstić information content (AvgIpc) is 3.49. The Morgan fingerprint density at radius 3 is 2.45 bits per heavy atom. The number of aromatic nitrogens is 3. The number of hydrogen-bond donors (Lipinski definition) is 2. The summed E-state index contributed by atoms with van der Waals surface area (Å²) in [5, 5.41) is 14.0. The summed E-state index contributed by atoms with van der Waals surface area (Å²) in [6.45, 7) is 1.24. The van der Waals surface area contributed by atoms with E-state index in [9.17, 15) is 27.9 Å². The zero-order chi connectivity index (χ0) is 30.9. The number of rotatable bonds is 6. The highest BCUT2D eigenvalue weighted by Gasteiger charge is 2.46. The number of carbonyl (C=O) groups is 2. The third kappa shape index (κ3) is 6.18. The van der Waals surface area contributed by atoms with Gasteiger partial charge in [0.05, 0.1) is 17.8 Å². The summed E-state index contributed by atoms with van der Waals surface area (Å²) in [4.78, 5) is 43.1. The van der Waals surface area contributed by atoms with Gasteiger partial charge in [-0.25, -0.2) is 9.97 Å². The summed E-state index contributed by atoms with van der Waals surface area (Å²) in [6.07, 6.45) is 5.93. The standard InChI is InChI=1S/C32H35F3N6O3.2H2/c33-32(34,35)23-5-1-4-21(18-23)30(43)39-20-28(42)41-17-11-26-25(41)6-2-16-40(26)24-9-12-31(44,13-10-24)27-8-7-22(19-38-27)29-36-14-3-15-37-29;;/h1,3-5,7-8,14-15,18-19,24-26,44H,2,6,9-13,16-17,20H2,(H,39,43);2*1H/t24?,25-,26+,31?;;/m1../s1. The molecular formula is C32H39F3N6O3. The predicted molar refractivity (Wildman–Crippen MR) is 159 cm³/mol. The number of nitrogens with one attached hydrogen (secondary N) is 1. The topological polar surface area (TPSA) is 112 Å². The summed E-state index contributed by atoms with van der Waals surface area (Å²) in [7, 11) is 0. The third-order valence-electron chi connectivity index (χ3n) is 9.34. The van der Waals surface area contributed by atoms with Crippen molar-refractivity contribution in [3.63, 3.8) is 0 Å². The van der Waals surface area contributed by atoms with E-state index in [4.69, 9.17) is 0 Å². The van der Waals surface area contributed by atoms with Crippen LogP contribution in [0.4, 0.5) is 13.2 Å². The molecule has 2 aromatic heterocycles. The molecule has 0 spiro atoms. The van der Waals surface area contributed by atoms with Gasteiger partial charge in [0.1, 0.15) is 5.60 Å². The molecule has 3 aliphatic rings. The molecule has 44 heavy (non-hydrogen) atoms. The van der Waals surface area contributed by atoms with E-state index in [1.165, 1.54) is 12.1 Å². The molecule has 2 amide bonds. The van der Waals surface area contributed by atoms with Gasteiger partial charge in [0.2, 0.25) is 5.91 Å². The Morgan fingerprint density at radius 2 is 1.75 bits per heavy atom. The first-order valence-corrected chi connectivity index (χ1v) is 15.1. The molecule has 1 saturated carbocycles. The smallest absolute Gasteiger partial charge is 0.384 e. The Morgan fingerprint density at radius 1 is 0.977 bits per heavy atom. The van der Waals surface area contributed by atoms with Crippen LogP contribution < -0.4 is 5.32 Å². The van der Waals surface area contributed by atoms with Crippen LogP contribution in [0.5, 0.6) is 0 Å². The van der Waals surface area contributed by atoms with Gasteiger partial charge in [-0.1, -0.05) is 6.07 Å². The van der Waals surface area contributed by atoms with Crippen LogP contribution in [0.1, 0.15) is 69.4 Å². The number of benzene rings is 1. The summed E-state index contributed by atoms with van der Waals surface area (Å²) in [5.41, 5.74) is -0.602. The number of likely N-dealkylation sites (tertiary alicyclic amines) is 2. The Bertz CT molecular complexity index is 1490. The number of nitrogens with zero attached hydrogens (tertiary/aromatic N) is 5. The molecule has 1 aromatic carbocycles. The molecule has 12 heteroatoms. The van der Waals surface area contributed by atoms with Gasteiger partial charge in [-0.15, -0.1) is 0 Å². The maximum absolute atomic E-state index is 13.2. The summed E-state index contributed by atoms with van der Waals surface area (Å²) in [6, 6.07) is 10.2. The monoisotopic (exact) mass is 612 g/mol. The van der Waals surface area contributed by atoms with E-state index >= 15 is 0 Å². The van der Waals surface area contributed by atoms with Crippen molar-refractivity contribution < 1.29 is 30.7 Å². The first-order chi connectivity index (χ1) is 21.1. The molecule has 2 atom stereocenters. The van der Waals surface area contributed by atoms with Crippen molar-refractivity contribution >= 4 is 11.8 Å². The van der Waals surface area contributed by atoms with Gasteiger partial charge in [0.25, 0.3) is 5.91 Å². The van der Waals surface area contributed by atoms with Gasteiger partial charge in [-0.2, -0.15) is 13.2 Å². The number of fused-ring (bicyclic) bond motifs is 1.